The smallest absolute Gasteiger partial charge is 0.321 e. The van der Waals surface area contributed by atoms with Crippen LogP contribution in [0, 0.1) is 0 Å². The molecule has 2 aliphatic heterocycles. The van der Waals surface area contributed by atoms with E-state index in [1.807, 2.05) is 61.2 Å². The number of amides is 2. The second kappa shape index (κ2) is 12.9. The molecule has 39 heavy (non-hydrogen) atoms. The molecule has 1 aromatic heterocycles. The molecule has 5 rings (SSSR count). The van der Waals surface area contributed by atoms with Gasteiger partial charge in [-0.05, 0) is 56.7 Å². The van der Waals surface area contributed by atoms with Gasteiger partial charge in [-0.1, -0.05) is 0 Å². The van der Waals surface area contributed by atoms with E-state index >= 15 is 0 Å². The van der Waals surface area contributed by atoms with Gasteiger partial charge in [-0.3, -0.25) is 4.90 Å². The lowest BCUT2D eigenvalue weighted by Gasteiger charge is -2.35. The van der Waals surface area contributed by atoms with Gasteiger partial charge < -0.3 is 29.3 Å². The fourth-order valence-corrected chi connectivity index (χ4v) is 4.88. The molecule has 2 amide bonds. The summed E-state index contributed by atoms with van der Waals surface area (Å²) in [6, 6.07) is 13.4. The lowest BCUT2D eigenvalue weighted by Crippen LogP contribution is -2.50. The molecule has 0 spiro atoms. The fourth-order valence-electron chi connectivity index (χ4n) is 4.88. The van der Waals surface area contributed by atoms with Crippen LogP contribution in [-0.2, 0) is 4.74 Å². The first kappa shape index (κ1) is 27.0. The highest BCUT2D eigenvalue weighted by Crippen LogP contribution is 2.27. The van der Waals surface area contributed by atoms with Crippen molar-refractivity contribution in [1.29, 1.82) is 0 Å². The summed E-state index contributed by atoms with van der Waals surface area (Å²) < 4.78 is 17.1. The summed E-state index contributed by atoms with van der Waals surface area (Å²) in [6.45, 7) is 11.9. The third-order valence-electron chi connectivity index (χ3n) is 6.92. The number of morpholine rings is 1. The maximum absolute atomic E-state index is 12.8. The topological polar surface area (TPSA) is 92.3 Å². The normalized spacial score (nSPS) is 16.5. The van der Waals surface area contributed by atoms with Crippen LogP contribution < -0.4 is 19.7 Å². The Bertz CT molecular complexity index is 1220. The van der Waals surface area contributed by atoms with Gasteiger partial charge in [0.25, 0.3) is 0 Å². The number of hydrogen-bond donors (Lipinski definition) is 1. The van der Waals surface area contributed by atoms with Gasteiger partial charge in [0.05, 0.1) is 31.4 Å². The quantitative estimate of drug-likeness (QED) is 0.414. The molecule has 0 bridgehead atoms. The number of urea groups is 1. The van der Waals surface area contributed by atoms with Crippen LogP contribution in [0.15, 0.2) is 48.8 Å². The van der Waals surface area contributed by atoms with E-state index in [-0.39, 0.29) is 12.1 Å². The van der Waals surface area contributed by atoms with E-state index in [9.17, 15) is 4.79 Å². The number of nitrogens with zero attached hydrogens (tertiary/aromatic N) is 5. The lowest BCUT2D eigenvalue weighted by molar-refractivity contribution is 0.0358. The number of rotatable bonds is 9. The van der Waals surface area contributed by atoms with Crippen LogP contribution in [0.2, 0.25) is 0 Å². The van der Waals surface area contributed by atoms with Gasteiger partial charge in [-0.2, -0.15) is 0 Å². The number of fused-ring (bicyclic) bond motifs is 1. The van der Waals surface area contributed by atoms with Crippen molar-refractivity contribution in [3.8, 4) is 11.5 Å². The summed E-state index contributed by atoms with van der Waals surface area (Å²) in [5.41, 5.74) is 1.61. The zero-order valence-electron chi connectivity index (χ0n) is 22.8. The number of carbonyl (C=O) groups excluding carboxylic acids is 1. The number of piperazine rings is 1. The molecule has 2 saturated heterocycles. The highest BCUT2D eigenvalue weighted by atomic mass is 16.5. The molecule has 1 N–H and O–H groups in total. The Morgan fingerprint density at radius 1 is 0.974 bits per heavy atom. The summed E-state index contributed by atoms with van der Waals surface area (Å²) in [5.74, 6) is 2.50. The van der Waals surface area contributed by atoms with Crippen molar-refractivity contribution in [1.82, 2.24) is 19.8 Å². The maximum Gasteiger partial charge on any atom is 0.321 e. The molecule has 0 radical (unpaired) electrons. The van der Waals surface area contributed by atoms with Gasteiger partial charge in [0.1, 0.15) is 23.6 Å². The van der Waals surface area contributed by atoms with Crippen molar-refractivity contribution in [3.63, 3.8) is 0 Å². The molecule has 0 saturated carbocycles. The van der Waals surface area contributed by atoms with E-state index in [1.165, 1.54) is 0 Å². The van der Waals surface area contributed by atoms with Crippen LogP contribution in [-0.4, -0.2) is 97.5 Å². The second-order valence-corrected chi connectivity index (χ2v) is 10.1. The van der Waals surface area contributed by atoms with E-state index in [0.29, 0.717) is 32.8 Å². The van der Waals surface area contributed by atoms with Crippen LogP contribution in [0.3, 0.4) is 0 Å². The van der Waals surface area contributed by atoms with E-state index in [0.717, 1.165) is 73.2 Å². The highest BCUT2D eigenvalue weighted by Gasteiger charge is 2.23. The van der Waals surface area contributed by atoms with Gasteiger partial charge in [0.15, 0.2) is 0 Å². The number of ether oxygens (including phenoxy) is 3. The summed E-state index contributed by atoms with van der Waals surface area (Å²) in [7, 11) is 0. The minimum atomic E-state index is -0.102. The minimum absolute atomic E-state index is 0.102. The maximum atomic E-state index is 12.8. The Morgan fingerprint density at radius 2 is 1.72 bits per heavy atom. The number of hydrogen-bond acceptors (Lipinski definition) is 8. The number of benzene rings is 2. The summed E-state index contributed by atoms with van der Waals surface area (Å²) >= 11 is 0. The number of aromatic nitrogens is 2. The fraction of sp³-hybridized carbons (Fsp3) is 0.483. The molecule has 0 aliphatic carbocycles. The molecule has 0 unspecified atom stereocenters. The Hall–Kier alpha value is -3.63. The van der Waals surface area contributed by atoms with Crippen molar-refractivity contribution < 1.29 is 19.0 Å². The standard InChI is InChI=1S/C29H38N6O4/c1-22(2)39-24-6-4-23(5-7-24)32-29(36)35-13-11-34(12-14-35)28-26-9-8-25(20-27(26)30-21-31-28)38-17-3-10-33-15-18-37-19-16-33/h4-9,20-22H,3,10-19H2,1-2H3,(H,32,36). The molecular formula is C29H38N6O4. The minimum Gasteiger partial charge on any atom is -0.493 e. The van der Waals surface area contributed by atoms with Gasteiger partial charge in [0, 0.05) is 63.0 Å². The third-order valence-corrected chi connectivity index (χ3v) is 6.92. The molecule has 10 heteroatoms. The third kappa shape index (κ3) is 7.27. The first-order chi connectivity index (χ1) is 19.0. The van der Waals surface area contributed by atoms with Crippen LogP contribution in [0.5, 0.6) is 11.5 Å². The molecule has 0 atom stereocenters. The molecule has 2 fully saturated rings. The van der Waals surface area contributed by atoms with E-state index < -0.39 is 0 Å². The van der Waals surface area contributed by atoms with Crippen LogP contribution in [0.25, 0.3) is 10.9 Å². The predicted molar refractivity (Wildman–Crippen MR) is 152 cm³/mol. The monoisotopic (exact) mass is 534 g/mol. The average Bonchev–Trinajstić information content (AvgIpc) is 2.96. The molecule has 3 heterocycles. The van der Waals surface area contributed by atoms with Gasteiger partial charge in [0.2, 0.25) is 0 Å². The lowest BCUT2D eigenvalue weighted by atomic mass is 10.2. The van der Waals surface area contributed by atoms with E-state index in [2.05, 4.69) is 25.1 Å². The molecule has 3 aromatic rings. The van der Waals surface area contributed by atoms with Crippen molar-refractivity contribution in [3.05, 3.63) is 48.8 Å². The molecule has 10 nitrogen and oxygen atoms in total. The zero-order valence-corrected chi connectivity index (χ0v) is 22.8. The zero-order chi connectivity index (χ0) is 27.0. The van der Waals surface area contributed by atoms with Crippen molar-refractivity contribution >= 4 is 28.4 Å². The highest BCUT2D eigenvalue weighted by molar-refractivity contribution is 5.91. The van der Waals surface area contributed by atoms with Gasteiger partial charge in [-0.25, -0.2) is 14.8 Å². The van der Waals surface area contributed by atoms with Crippen LogP contribution >= 0.6 is 0 Å². The Labute approximate surface area is 229 Å². The van der Waals surface area contributed by atoms with Crippen LogP contribution in [0.1, 0.15) is 20.3 Å². The summed E-state index contributed by atoms with van der Waals surface area (Å²) in [5, 5.41) is 3.97. The first-order valence-corrected chi connectivity index (χ1v) is 13.8. The molecule has 2 aliphatic rings. The molecule has 2 aromatic carbocycles. The molecule has 208 valence electrons. The predicted octanol–water partition coefficient (Wildman–Crippen LogP) is 3.87. The SMILES string of the molecule is CC(C)Oc1ccc(NC(=O)N2CCN(c3ncnc4cc(OCCCN5CCOCC5)ccc34)CC2)cc1. The van der Waals surface area contributed by atoms with Gasteiger partial charge >= 0.3 is 6.03 Å². The number of nitrogens with one attached hydrogen (secondary N) is 1. The van der Waals surface area contributed by atoms with Crippen LogP contribution in [0.4, 0.5) is 16.3 Å². The van der Waals surface area contributed by atoms with Crippen molar-refractivity contribution in [2.24, 2.45) is 0 Å². The second-order valence-electron chi connectivity index (χ2n) is 10.1. The van der Waals surface area contributed by atoms with Crippen molar-refractivity contribution in [2.45, 2.75) is 26.4 Å². The summed E-state index contributed by atoms with van der Waals surface area (Å²) in [6.07, 6.45) is 2.69. The number of anilines is 2. The molecular weight excluding hydrogens is 496 g/mol. The van der Waals surface area contributed by atoms with Gasteiger partial charge in [-0.15, -0.1) is 0 Å². The van der Waals surface area contributed by atoms with E-state index in [4.69, 9.17) is 14.2 Å². The largest absolute Gasteiger partial charge is 0.493 e. The average molecular weight is 535 g/mol. The Kier molecular flexibility index (Phi) is 8.95. The summed E-state index contributed by atoms with van der Waals surface area (Å²) in [4.78, 5) is 28.4. The first-order valence-electron chi connectivity index (χ1n) is 13.8. The van der Waals surface area contributed by atoms with E-state index in [1.54, 1.807) is 6.33 Å². The number of carbonyl (C=O) groups is 1. The Balaban J connectivity index is 1.12. The van der Waals surface area contributed by atoms with Crippen molar-refractivity contribution in [2.75, 3.05) is 75.9 Å². The Morgan fingerprint density at radius 3 is 2.46 bits per heavy atom.